The monoisotopic (exact) mass is 323 g/mol. The van der Waals surface area contributed by atoms with Gasteiger partial charge in [-0.15, -0.1) is 0 Å². The molecule has 1 aromatic carbocycles. The van der Waals surface area contributed by atoms with Crippen LogP contribution < -0.4 is 0 Å². The Morgan fingerprint density at radius 2 is 2.05 bits per heavy atom. The molecule has 0 bridgehead atoms. The normalized spacial score (nSPS) is 12.5. The van der Waals surface area contributed by atoms with Gasteiger partial charge in [0.2, 0.25) is 0 Å². The second-order valence-electron chi connectivity index (χ2n) is 4.46. The van der Waals surface area contributed by atoms with E-state index in [-0.39, 0.29) is 24.7 Å². The van der Waals surface area contributed by atoms with E-state index in [1.807, 2.05) is 35.0 Å². The van der Waals surface area contributed by atoms with Crippen molar-refractivity contribution in [1.29, 1.82) is 0 Å². The Balaban J connectivity index is 2.25. The van der Waals surface area contributed by atoms with Crippen LogP contribution in [-0.2, 0) is 9.59 Å². The molecule has 0 aliphatic rings. The predicted octanol–water partition coefficient (Wildman–Crippen LogP) is 3.40. The molecule has 0 saturated heterocycles. The molecule has 2 rings (SSSR count). The van der Waals surface area contributed by atoms with Crippen LogP contribution >= 0.6 is 15.9 Å². The van der Waals surface area contributed by atoms with Crippen LogP contribution in [0.15, 0.2) is 34.9 Å². The Morgan fingerprint density at radius 1 is 1.32 bits per heavy atom. The number of benzene rings is 1. The molecule has 1 aromatic heterocycles. The second-order valence-corrected chi connectivity index (χ2v) is 5.38. The van der Waals surface area contributed by atoms with Crippen LogP contribution in [0.25, 0.3) is 10.9 Å². The van der Waals surface area contributed by atoms with Crippen LogP contribution in [0, 0.1) is 0 Å². The Bertz CT molecular complexity index is 633. The molecule has 1 N–H and O–H groups in total. The average Bonchev–Trinajstić information content (AvgIpc) is 2.77. The fourth-order valence-corrected chi connectivity index (χ4v) is 2.40. The van der Waals surface area contributed by atoms with Crippen molar-refractivity contribution >= 4 is 38.6 Å². The summed E-state index contributed by atoms with van der Waals surface area (Å²) in [6.45, 7) is 1.80. The molecule has 100 valence electrons. The molecule has 5 heteroatoms. The highest BCUT2D eigenvalue weighted by atomic mass is 79.9. The number of carbonyl (C=O) groups is 2. The van der Waals surface area contributed by atoms with Gasteiger partial charge in [0.05, 0.1) is 12.5 Å². The molecule has 1 atom stereocenters. The highest BCUT2D eigenvalue weighted by Crippen LogP contribution is 2.24. The van der Waals surface area contributed by atoms with Crippen LogP contribution in [0.2, 0.25) is 0 Å². The number of aliphatic carboxylic acids is 1. The lowest BCUT2D eigenvalue weighted by Gasteiger charge is -2.14. The minimum Gasteiger partial charge on any atom is -0.481 e. The SMILES string of the molecule is CC(C(=O)CCC(=O)O)n1ccc2ccc(Br)cc21. The molecule has 1 heterocycles. The fourth-order valence-electron chi connectivity index (χ4n) is 2.05. The van der Waals surface area contributed by atoms with Crippen molar-refractivity contribution in [3.05, 3.63) is 34.9 Å². The van der Waals surface area contributed by atoms with E-state index < -0.39 is 5.97 Å². The first kappa shape index (κ1) is 13.8. The van der Waals surface area contributed by atoms with Crippen LogP contribution in [0.3, 0.4) is 0 Å². The maximum absolute atomic E-state index is 12.0. The van der Waals surface area contributed by atoms with E-state index in [0.717, 1.165) is 15.4 Å². The van der Waals surface area contributed by atoms with Crippen LogP contribution in [0.4, 0.5) is 0 Å². The molecule has 0 aliphatic heterocycles. The molecule has 19 heavy (non-hydrogen) atoms. The van der Waals surface area contributed by atoms with Gasteiger partial charge in [0.15, 0.2) is 5.78 Å². The highest BCUT2D eigenvalue weighted by Gasteiger charge is 2.17. The third-order valence-electron chi connectivity index (χ3n) is 3.15. The number of carbonyl (C=O) groups excluding carboxylic acids is 1. The van der Waals surface area contributed by atoms with E-state index >= 15 is 0 Å². The first-order valence-corrected chi connectivity index (χ1v) is 6.79. The van der Waals surface area contributed by atoms with Crippen LogP contribution in [0.1, 0.15) is 25.8 Å². The summed E-state index contributed by atoms with van der Waals surface area (Å²) in [6.07, 6.45) is 1.80. The third-order valence-corrected chi connectivity index (χ3v) is 3.65. The van der Waals surface area contributed by atoms with Crippen molar-refractivity contribution in [2.75, 3.05) is 0 Å². The van der Waals surface area contributed by atoms with Gasteiger partial charge in [-0.05, 0) is 30.5 Å². The lowest BCUT2D eigenvalue weighted by molar-refractivity contribution is -0.138. The number of halogens is 1. The number of carboxylic acids is 1. The van der Waals surface area contributed by atoms with Crippen molar-refractivity contribution < 1.29 is 14.7 Å². The number of hydrogen-bond acceptors (Lipinski definition) is 2. The first-order chi connectivity index (χ1) is 8.99. The summed E-state index contributed by atoms with van der Waals surface area (Å²) in [4.78, 5) is 22.5. The maximum Gasteiger partial charge on any atom is 0.303 e. The number of Topliss-reactive ketones (excluding diaryl/α,β-unsaturated/α-hetero) is 1. The summed E-state index contributed by atoms with van der Waals surface area (Å²) in [6, 6.07) is 7.47. The van der Waals surface area contributed by atoms with E-state index in [0.29, 0.717) is 0 Å². The minimum atomic E-state index is -0.944. The zero-order valence-electron chi connectivity index (χ0n) is 10.5. The van der Waals surface area contributed by atoms with Crippen molar-refractivity contribution in [1.82, 2.24) is 4.57 Å². The molecule has 4 nitrogen and oxygen atoms in total. The molecular formula is C14H14BrNO3. The molecular weight excluding hydrogens is 310 g/mol. The first-order valence-electron chi connectivity index (χ1n) is 5.99. The van der Waals surface area contributed by atoms with Gasteiger partial charge in [-0.3, -0.25) is 9.59 Å². The summed E-state index contributed by atoms with van der Waals surface area (Å²) in [7, 11) is 0. The number of rotatable bonds is 5. The zero-order valence-corrected chi connectivity index (χ0v) is 12.1. The molecule has 0 radical (unpaired) electrons. The van der Waals surface area contributed by atoms with Crippen molar-refractivity contribution in [3.8, 4) is 0 Å². The molecule has 0 fully saturated rings. The lowest BCUT2D eigenvalue weighted by Crippen LogP contribution is -2.16. The van der Waals surface area contributed by atoms with Gasteiger partial charge in [0, 0.05) is 22.6 Å². The second kappa shape index (κ2) is 5.57. The van der Waals surface area contributed by atoms with Crippen LogP contribution in [-0.4, -0.2) is 21.4 Å². The van der Waals surface area contributed by atoms with Gasteiger partial charge in [-0.25, -0.2) is 0 Å². The van der Waals surface area contributed by atoms with Gasteiger partial charge < -0.3 is 9.67 Å². The van der Waals surface area contributed by atoms with E-state index in [9.17, 15) is 9.59 Å². The molecule has 1 unspecified atom stereocenters. The van der Waals surface area contributed by atoms with Crippen molar-refractivity contribution in [2.24, 2.45) is 0 Å². The van der Waals surface area contributed by atoms with Gasteiger partial charge in [-0.1, -0.05) is 22.0 Å². The standard InChI is InChI=1S/C14H14BrNO3/c1-9(13(17)4-5-14(18)19)16-7-6-10-2-3-11(15)8-12(10)16/h2-3,6-9H,4-5H2,1H3,(H,18,19). The summed E-state index contributed by atoms with van der Waals surface area (Å²) >= 11 is 3.41. The average molecular weight is 324 g/mol. The molecule has 0 amide bonds. The Morgan fingerprint density at radius 3 is 2.74 bits per heavy atom. The Hall–Kier alpha value is -1.62. The topological polar surface area (TPSA) is 59.3 Å². The smallest absolute Gasteiger partial charge is 0.303 e. The van der Waals surface area contributed by atoms with Crippen LogP contribution in [0.5, 0.6) is 0 Å². The van der Waals surface area contributed by atoms with Gasteiger partial charge in [0.1, 0.15) is 0 Å². The summed E-state index contributed by atoms with van der Waals surface area (Å²) in [5.74, 6) is -1.01. The Kier molecular flexibility index (Phi) is 4.04. The molecule has 0 saturated carbocycles. The third kappa shape index (κ3) is 3.04. The maximum atomic E-state index is 12.0. The van der Waals surface area contributed by atoms with Gasteiger partial charge in [-0.2, -0.15) is 0 Å². The van der Waals surface area contributed by atoms with E-state index in [1.165, 1.54) is 0 Å². The fraction of sp³-hybridized carbons (Fsp3) is 0.286. The number of ketones is 1. The van der Waals surface area contributed by atoms with E-state index in [1.54, 1.807) is 6.92 Å². The largest absolute Gasteiger partial charge is 0.481 e. The highest BCUT2D eigenvalue weighted by molar-refractivity contribution is 9.10. The number of aromatic nitrogens is 1. The molecule has 2 aromatic rings. The molecule has 0 aliphatic carbocycles. The minimum absolute atomic E-state index is 0.0597. The van der Waals surface area contributed by atoms with Gasteiger partial charge in [0.25, 0.3) is 0 Å². The van der Waals surface area contributed by atoms with E-state index in [4.69, 9.17) is 5.11 Å². The number of fused-ring (bicyclic) bond motifs is 1. The summed E-state index contributed by atoms with van der Waals surface area (Å²) in [5, 5.41) is 9.67. The number of nitrogens with zero attached hydrogens (tertiary/aromatic N) is 1. The summed E-state index contributed by atoms with van der Waals surface area (Å²) < 4.78 is 2.83. The lowest BCUT2D eigenvalue weighted by atomic mass is 10.1. The van der Waals surface area contributed by atoms with Crippen molar-refractivity contribution in [3.63, 3.8) is 0 Å². The molecule has 0 spiro atoms. The summed E-state index contributed by atoms with van der Waals surface area (Å²) in [5.41, 5.74) is 0.963. The predicted molar refractivity (Wildman–Crippen MR) is 76.2 cm³/mol. The number of carboxylic acid groups (broad SMARTS) is 1. The van der Waals surface area contributed by atoms with Gasteiger partial charge >= 0.3 is 5.97 Å². The quantitative estimate of drug-likeness (QED) is 0.917. The zero-order chi connectivity index (χ0) is 14.0. The van der Waals surface area contributed by atoms with Crippen molar-refractivity contribution in [2.45, 2.75) is 25.8 Å². The van der Waals surface area contributed by atoms with E-state index in [2.05, 4.69) is 15.9 Å². The number of hydrogen-bond donors (Lipinski definition) is 1. The Labute approximate surface area is 119 Å².